The Morgan fingerprint density at radius 3 is 1.94 bits per heavy atom. The number of carbonyl (C=O) groups excluding carboxylic acids is 2. The van der Waals surface area contributed by atoms with Crippen molar-refractivity contribution in [1.29, 1.82) is 0 Å². The molecule has 1 amide bonds. The number of carbonyl (C=O) groups is 2. The quantitative estimate of drug-likeness (QED) is 0.285. The molecule has 0 radical (unpaired) electrons. The van der Waals surface area contributed by atoms with E-state index in [1.165, 1.54) is 19.1 Å². The van der Waals surface area contributed by atoms with Crippen molar-refractivity contribution in [1.82, 2.24) is 4.90 Å². The zero-order chi connectivity index (χ0) is 25.9. The van der Waals surface area contributed by atoms with Gasteiger partial charge in [0.25, 0.3) is 11.8 Å². The Morgan fingerprint density at radius 1 is 0.917 bits per heavy atom. The Balaban J connectivity index is 1.37. The highest BCUT2D eigenvalue weighted by atomic mass is 35.5. The fourth-order valence-electron chi connectivity index (χ4n) is 4.57. The summed E-state index contributed by atoms with van der Waals surface area (Å²) in [6, 6.07) is 20.7. The van der Waals surface area contributed by atoms with Crippen LogP contribution in [0.15, 0.2) is 72.8 Å². The molecule has 36 heavy (non-hydrogen) atoms. The number of halogens is 3. The molecule has 0 aliphatic heterocycles. The smallest absolute Gasteiger partial charge is 0.273 e. The SMILES string of the molecule is CCC(F)(F)c1ccc(CC(=O)Cc2ccc(C(=O)N(C)[C@@H](c3ccc(Cl)cc3)C3CC3)cc2)cc1. The lowest BCUT2D eigenvalue weighted by molar-refractivity contribution is -0.117. The van der Waals surface area contributed by atoms with Crippen LogP contribution in [-0.4, -0.2) is 23.6 Å². The summed E-state index contributed by atoms with van der Waals surface area (Å²) in [5.41, 5.74) is 3.13. The fraction of sp³-hybridized carbons (Fsp3) is 0.333. The van der Waals surface area contributed by atoms with Crippen LogP contribution in [0.25, 0.3) is 0 Å². The van der Waals surface area contributed by atoms with Gasteiger partial charge in [0.05, 0.1) is 6.04 Å². The maximum Gasteiger partial charge on any atom is 0.273 e. The molecule has 0 saturated heterocycles. The molecule has 0 aromatic heterocycles. The first kappa shape index (κ1) is 26.0. The van der Waals surface area contributed by atoms with Crippen LogP contribution in [0.2, 0.25) is 5.02 Å². The van der Waals surface area contributed by atoms with Gasteiger partial charge in [0.1, 0.15) is 5.78 Å². The lowest BCUT2D eigenvalue weighted by Crippen LogP contribution is -2.32. The van der Waals surface area contributed by atoms with Crippen LogP contribution < -0.4 is 0 Å². The van der Waals surface area contributed by atoms with E-state index in [0.717, 1.165) is 24.0 Å². The van der Waals surface area contributed by atoms with E-state index >= 15 is 0 Å². The van der Waals surface area contributed by atoms with Gasteiger partial charge in [0.15, 0.2) is 0 Å². The predicted octanol–water partition coefficient (Wildman–Crippen LogP) is 7.42. The molecule has 1 fully saturated rings. The molecule has 1 saturated carbocycles. The fourth-order valence-corrected chi connectivity index (χ4v) is 4.69. The maximum absolute atomic E-state index is 13.8. The summed E-state index contributed by atoms with van der Waals surface area (Å²) in [6.07, 6.45) is 2.31. The van der Waals surface area contributed by atoms with Gasteiger partial charge >= 0.3 is 0 Å². The summed E-state index contributed by atoms with van der Waals surface area (Å²) in [5, 5.41) is 0.669. The summed E-state index contributed by atoms with van der Waals surface area (Å²) in [7, 11) is 1.83. The highest BCUT2D eigenvalue weighted by molar-refractivity contribution is 6.30. The highest BCUT2D eigenvalue weighted by Crippen LogP contribution is 2.44. The van der Waals surface area contributed by atoms with E-state index in [1.807, 2.05) is 31.3 Å². The van der Waals surface area contributed by atoms with Gasteiger partial charge in [-0.3, -0.25) is 9.59 Å². The van der Waals surface area contributed by atoms with E-state index in [4.69, 9.17) is 11.6 Å². The van der Waals surface area contributed by atoms with Crippen LogP contribution in [0, 0.1) is 5.92 Å². The van der Waals surface area contributed by atoms with Crippen LogP contribution in [0.1, 0.15) is 64.8 Å². The average molecular weight is 510 g/mol. The minimum Gasteiger partial charge on any atom is -0.334 e. The third kappa shape index (κ3) is 6.19. The summed E-state index contributed by atoms with van der Waals surface area (Å²) in [6.45, 7) is 1.44. The topological polar surface area (TPSA) is 37.4 Å². The van der Waals surface area contributed by atoms with E-state index in [2.05, 4.69) is 0 Å². The minimum atomic E-state index is -2.86. The number of alkyl halides is 2. The molecule has 1 atom stereocenters. The number of ketones is 1. The van der Waals surface area contributed by atoms with E-state index in [9.17, 15) is 18.4 Å². The van der Waals surface area contributed by atoms with Crippen molar-refractivity contribution < 1.29 is 18.4 Å². The number of hydrogen-bond acceptors (Lipinski definition) is 2. The molecule has 0 spiro atoms. The molecular weight excluding hydrogens is 480 g/mol. The van der Waals surface area contributed by atoms with Crippen LogP contribution in [0.5, 0.6) is 0 Å². The van der Waals surface area contributed by atoms with Crippen molar-refractivity contribution in [3.05, 3.63) is 106 Å². The van der Waals surface area contributed by atoms with Crippen molar-refractivity contribution in [2.24, 2.45) is 5.92 Å². The lowest BCUT2D eigenvalue weighted by atomic mass is 9.98. The van der Waals surface area contributed by atoms with Crippen LogP contribution in [-0.2, 0) is 23.6 Å². The van der Waals surface area contributed by atoms with Crippen LogP contribution in [0.4, 0.5) is 8.78 Å². The Hall–Kier alpha value is -3.05. The van der Waals surface area contributed by atoms with Gasteiger partial charge in [-0.15, -0.1) is 0 Å². The maximum atomic E-state index is 13.8. The molecule has 6 heteroatoms. The van der Waals surface area contributed by atoms with E-state index in [1.54, 1.807) is 41.3 Å². The molecular formula is C30H30ClF2NO2. The molecule has 3 aromatic rings. The van der Waals surface area contributed by atoms with Crippen molar-refractivity contribution in [3.63, 3.8) is 0 Å². The highest BCUT2D eigenvalue weighted by Gasteiger charge is 2.37. The van der Waals surface area contributed by atoms with Gasteiger partial charge in [0, 0.05) is 42.5 Å². The van der Waals surface area contributed by atoms with Crippen molar-refractivity contribution in [3.8, 4) is 0 Å². The summed E-state index contributed by atoms with van der Waals surface area (Å²) in [5.74, 6) is -2.50. The van der Waals surface area contributed by atoms with Gasteiger partial charge in [-0.25, -0.2) is 8.78 Å². The zero-order valence-corrected chi connectivity index (χ0v) is 21.3. The standard InChI is InChI=1S/C30H30ClF2NO2/c1-3-30(32,33)25-14-6-21(7-15-25)19-27(35)18-20-4-8-24(9-5-20)29(36)34(2)28(22-10-11-22)23-12-16-26(31)17-13-23/h4-9,12-17,22,28H,3,10-11,18-19H2,1-2H3/t28-/m1/s1. The second-order valence-corrected chi connectivity index (χ2v) is 10.0. The van der Waals surface area contributed by atoms with Gasteiger partial charge in [-0.2, -0.15) is 0 Å². The Morgan fingerprint density at radius 2 is 1.44 bits per heavy atom. The van der Waals surface area contributed by atoms with Gasteiger partial charge < -0.3 is 4.90 Å². The molecule has 3 nitrogen and oxygen atoms in total. The Bertz CT molecular complexity index is 1200. The van der Waals surface area contributed by atoms with E-state index in [0.29, 0.717) is 22.1 Å². The minimum absolute atomic E-state index is 0.000291. The molecule has 188 valence electrons. The van der Waals surface area contributed by atoms with Crippen molar-refractivity contribution in [2.45, 2.75) is 51.0 Å². The lowest BCUT2D eigenvalue weighted by Gasteiger charge is -2.29. The summed E-state index contributed by atoms with van der Waals surface area (Å²) >= 11 is 6.04. The monoisotopic (exact) mass is 509 g/mol. The molecule has 3 aromatic carbocycles. The van der Waals surface area contributed by atoms with Gasteiger partial charge in [0.2, 0.25) is 0 Å². The van der Waals surface area contributed by atoms with E-state index < -0.39 is 5.92 Å². The van der Waals surface area contributed by atoms with Crippen molar-refractivity contribution in [2.75, 3.05) is 7.05 Å². The molecule has 0 unspecified atom stereocenters. The Kier molecular flexibility index (Phi) is 7.89. The van der Waals surface area contributed by atoms with Crippen molar-refractivity contribution >= 4 is 23.3 Å². The molecule has 0 bridgehead atoms. The third-order valence-electron chi connectivity index (χ3n) is 6.84. The number of rotatable bonds is 10. The summed E-state index contributed by atoms with van der Waals surface area (Å²) < 4.78 is 27.6. The first-order chi connectivity index (χ1) is 17.2. The second-order valence-electron chi connectivity index (χ2n) is 9.59. The molecule has 0 heterocycles. The predicted molar refractivity (Wildman–Crippen MR) is 138 cm³/mol. The zero-order valence-electron chi connectivity index (χ0n) is 20.5. The molecule has 0 N–H and O–H groups in total. The first-order valence-corrected chi connectivity index (χ1v) is 12.7. The van der Waals surface area contributed by atoms with Crippen LogP contribution >= 0.6 is 11.6 Å². The number of amides is 1. The van der Waals surface area contributed by atoms with E-state index in [-0.39, 0.29) is 42.6 Å². The third-order valence-corrected chi connectivity index (χ3v) is 7.09. The average Bonchev–Trinajstić information content (AvgIpc) is 3.71. The molecule has 1 aliphatic rings. The largest absolute Gasteiger partial charge is 0.334 e. The second kappa shape index (κ2) is 10.9. The Labute approximate surface area is 216 Å². The number of Topliss-reactive ketones (excluding diaryl/α,β-unsaturated/α-hetero) is 1. The summed E-state index contributed by atoms with van der Waals surface area (Å²) in [4.78, 5) is 27.6. The number of nitrogens with zero attached hydrogens (tertiary/aromatic N) is 1. The van der Waals surface area contributed by atoms with Gasteiger partial charge in [-0.05, 0) is 59.7 Å². The van der Waals surface area contributed by atoms with Crippen LogP contribution in [0.3, 0.4) is 0 Å². The first-order valence-electron chi connectivity index (χ1n) is 12.3. The number of hydrogen-bond donors (Lipinski definition) is 0. The molecule has 1 aliphatic carbocycles. The molecule has 4 rings (SSSR count). The van der Waals surface area contributed by atoms with Gasteiger partial charge in [-0.1, -0.05) is 67.1 Å². The normalized spacial score (nSPS) is 14.4. The number of benzene rings is 3.